The molecular weight excluding hydrogens is 387 g/mol. The maximum atomic E-state index is 11.8. The van der Waals surface area contributed by atoms with Crippen molar-refractivity contribution in [2.45, 2.75) is 19.4 Å². The topological polar surface area (TPSA) is 50.8 Å². The van der Waals surface area contributed by atoms with Gasteiger partial charge in [-0.2, -0.15) is 0 Å². The highest BCUT2D eigenvalue weighted by Gasteiger charge is 2.12. The molecule has 27 heavy (non-hydrogen) atoms. The Morgan fingerprint density at radius 1 is 1.11 bits per heavy atom. The quantitative estimate of drug-likeness (QED) is 0.666. The zero-order valence-electron chi connectivity index (χ0n) is 15.8. The summed E-state index contributed by atoms with van der Waals surface area (Å²) in [6.07, 6.45) is 0.443. The average molecular weight is 413 g/mol. The monoisotopic (exact) mass is 412 g/mol. The first kappa shape index (κ1) is 23.1. The van der Waals surface area contributed by atoms with Gasteiger partial charge >= 0.3 is 6.09 Å². The number of amides is 1. The summed E-state index contributed by atoms with van der Waals surface area (Å²) in [5.41, 5.74) is 1.11. The lowest BCUT2D eigenvalue weighted by molar-refractivity contribution is 0.165. The number of carbonyl (C=O) groups is 1. The maximum absolute atomic E-state index is 11.8. The first-order valence-electron chi connectivity index (χ1n) is 8.62. The third-order valence-electron chi connectivity index (χ3n) is 4.11. The predicted octanol–water partition coefficient (Wildman–Crippen LogP) is 4.94. The van der Waals surface area contributed by atoms with Gasteiger partial charge in [0.25, 0.3) is 0 Å². The van der Waals surface area contributed by atoms with E-state index in [-0.39, 0.29) is 24.5 Å². The second kappa shape index (κ2) is 11.7. The molecule has 0 fully saturated rings. The zero-order chi connectivity index (χ0) is 18.9. The highest BCUT2D eigenvalue weighted by molar-refractivity contribution is 6.30. The van der Waals surface area contributed by atoms with Crippen LogP contribution in [0.5, 0.6) is 11.5 Å². The number of ether oxygens (including phenoxy) is 2. The van der Waals surface area contributed by atoms with Crippen molar-refractivity contribution < 1.29 is 14.3 Å². The highest BCUT2D eigenvalue weighted by atomic mass is 35.5. The molecule has 0 heterocycles. The SMILES string of the molecule is CCN(C)C(=O)Oc1ccc(C(CCOc2ccc(Cl)cc2)NC)cc1.Cl. The predicted molar refractivity (Wildman–Crippen MR) is 111 cm³/mol. The summed E-state index contributed by atoms with van der Waals surface area (Å²) in [5, 5.41) is 3.98. The molecule has 1 amide bonds. The van der Waals surface area contributed by atoms with E-state index in [1.165, 1.54) is 4.90 Å². The molecule has 5 nitrogen and oxygen atoms in total. The molecule has 148 valence electrons. The number of hydrogen-bond acceptors (Lipinski definition) is 4. The zero-order valence-corrected chi connectivity index (χ0v) is 17.3. The van der Waals surface area contributed by atoms with Crippen LogP contribution in [0.25, 0.3) is 0 Å². The Hall–Kier alpha value is -1.95. The Morgan fingerprint density at radius 2 is 1.70 bits per heavy atom. The minimum absolute atomic E-state index is 0. The standard InChI is InChI=1S/C20H25ClN2O3.ClH/c1-4-23(3)20(24)26-18-9-5-15(6-10-18)19(22-2)13-14-25-17-11-7-16(21)8-12-17;/h5-12,19,22H,4,13-14H2,1-3H3;1H. The molecule has 1 unspecified atom stereocenters. The van der Waals surface area contributed by atoms with Gasteiger partial charge in [-0.3, -0.25) is 0 Å². The number of hydrogen-bond donors (Lipinski definition) is 1. The Bertz CT molecular complexity index is 693. The van der Waals surface area contributed by atoms with Crippen molar-refractivity contribution in [1.82, 2.24) is 10.2 Å². The van der Waals surface area contributed by atoms with E-state index < -0.39 is 0 Å². The Morgan fingerprint density at radius 3 is 2.26 bits per heavy atom. The Kier molecular flexibility index (Phi) is 10.0. The van der Waals surface area contributed by atoms with Crippen LogP contribution in [-0.2, 0) is 0 Å². The van der Waals surface area contributed by atoms with E-state index in [9.17, 15) is 4.79 Å². The fourth-order valence-corrected chi connectivity index (χ4v) is 2.51. The minimum Gasteiger partial charge on any atom is -0.494 e. The summed E-state index contributed by atoms with van der Waals surface area (Å²) in [6, 6.07) is 15.0. The van der Waals surface area contributed by atoms with Gasteiger partial charge in [0.1, 0.15) is 11.5 Å². The minimum atomic E-state index is -0.359. The van der Waals surface area contributed by atoms with Crippen LogP contribution in [0.2, 0.25) is 5.02 Å². The van der Waals surface area contributed by atoms with Crippen LogP contribution >= 0.6 is 24.0 Å². The van der Waals surface area contributed by atoms with Crippen LogP contribution in [0.1, 0.15) is 24.9 Å². The molecule has 0 bridgehead atoms. The summed E-state index contributed by atoms with van der Waals surface area (Å²) in [4.78, 5) is 13.3. The molecule has 0 spiro atoms. The van der Waals surface area contributed by atoms with Crippen LogP contribution in [0.4, 0.5) is 4.79 Å². The van der Waals surface area contributed by atoms with E-state index >= 15 is 0 Å². The van der Waals surface area contributed by atoms with Crippen molar-refractivity contribution in [3.63, 3.8) is 0 Å². The average Bonchev–Trinajstić information content (AvgIpc) is 2.67. The second-order valence-corrected chi connectivity index (χ2v) is 6.32. The number of nitrogens with one attached hydrogen (secondary N) is 1. The number of benzene rings is 2. The fraction of sp³-hybridized carbons (Fsp3) is 0.350. The van der Waals surface area contributed by atoms with Gasteiger partial charge in [0.05, 0.1) is 6.61 Å². The highest BCUT2D eigenvalue weighted by Crippen LogP contribution is 2.22. The van der Waals surface area contributed by atoms with Crippen LogP contribution in [0, 0.1) is 0 Å². The van der Waals surface area contributed by atoms with Gasteiger partial charge in [0.2, 0.25) is 0 Å². The Balaban J connectivity index is 0.00000364. The van der Waals surface area contributed by atoms with Gasteiger partial charge in [-0.15, -0.1) is 12.4 Å². The smallest absolute Gasteiger partial charge is 0.414 e. The number of carbonyl (C=O) groups excluding carboxylic acids is 1. The van der Waals surface area contributed by atoms with E-state index in [0.717, 1.165) is 17.7 Å². The van der Waals surface area contributed by atoms with E-state index in [1.54, 1.807) is 19.2 Å². The summed E-state index contributed by atoms with van der Waals surface area (Å²) in [5.74, 6) is 1.33. The molecule has 1 N–H and O–H groups in total. The summed E-state index contributed by atoms with van der Waals surface area (Å²) in [6.45, 7) is 3.07. The third kappa shape index (κ3) is 7.29. The molecule has 0 saturated heterocycles. The lowest BCUT2D eigenvalue weighted by atomic mass is 10.0. The van der Waals surface area contributed by atoms with Gasteiger partial charge in [-0.1, -0.05) is 23.7 Å². The van der Waals surface area contributed by atoms with Crippen molar-refractivity contribution in [3.8, 4) is 11.5 Å². The van der Waals surface area contributed by atoms with Crippen molar-refractivity contribution in [1.29, 1.82) is 0 Å². The third-order valence-corrected chi connectivity index (χ3v) is 4.36. The first-order chi connectivity index (χ1) is 12.5. The van der Waals surface area contributed by atoms with E-state index in [0.29, 0.717) is 23.9 Å². The molecule has 0 aromatic heterocycles. The summed E-state index contributed by atoms with van der Waals surface area (Å²) < 4.78 is 11.1. The molecule has 0 aliphatic carbocycles. The second-order valence-electron chi connectivity index (χ2n) is 5.88. The van der Waals surface area contributed by atoms with Crippen molar-refractivity contribution in [2.24, 2.45) is 0 Å². The van der Waals surface area contributed by atoms with Crippen LogP contribution in [0.3, 0.4) is 0 Å². The first-order valence-corrected chi connectivity index (χ1v) is 8.99. The van der Waals surface area contributed by atoms with Gasteiger partial charge in [0.15, 0.2) is 0 Å². The molecule has 0 aliphatic rings. The van der Waals surface area contributed by atoms with E-state index in [4.69, 9.17) is 21.1 Å². The lowest BCUT2D eigenvalue weighted by Gasteiger charge is -2.18. The van der Waals surface area contributed by atoms with E-state index in [1.807, 2.05) is 50.4 Å². The number of rotatable bonds is 8. The Labute approximate surface area is 172 Å². The van der Waals surface area contributed by atoms with Crippen LogP contribution in [-0.4, -0.2) is 38.2 Å². The lowest BCUT2D eigenvalue weighted by Crippen LogP contribution is -2.29. The summed E-state index contributed by atoms with van der Waals surface area (Å²) >= 11 is 5.87. The fourth-order valence-electron chi connectivity index (χ4n) is 2.38. The van der Waals surface area contributed by atoms with Crippen molar-refractivity contribution >= 4 is 30.1 Å². The van der Waals surface area contributed by atoms with Gasteiger partial charge in [0, 0.05) is 31.1 Å². The van der Waals surface area contributed by atoms with Gasteiger partial charge in [-0.05, 0) is 55.9 Å². The molecule has 1 atom stereocenters. The van der Waals surface area contributed by atoms with Crippen LogP contribution < -0.4 is 14.8 Å². The van der Waals surface area contributed by atoms with Crippen LogP contribution in [0.15, 0.2) is 48.5 Å². The molecule has 0 saturated carbocycles. The molecule has 7 heteroatoms. The largest absolute Gasteiger partial charge is 0.494 e. The maximum Gasteiger partial charge on any atom is 0.414 e. The number of nitrogens with zero attached hydrogens (tertiary/aromatic N) is 1. The van der Waals surface area contributed by atoms with Crippen molar-refractivity contribution in [2.75, 3.05) is 27.2 Å². The molecule has 0 aliphatic heterocycles. The van der Waals surface area contributed by atoms with Crippen molar-refractivity contribution in [3.05, 3.63) is 59.1 Å². The van der Waals surface area contributed by atoms with E-state index in [2.05, 4.69) is 5.32 Å². The van der Waals surface area contributed by atoms with Gasteiger partial charge in [-0.25, -0.2) is 4.79 Å². The number of halogens is 2. The summed E-state index contributed by atoms with van der Waals surface area (Å²) in [7, 11) is 3.62. The normalized spacial score (nSPS) is 11.3. The molecule has 2 aromatic rings. The molecule has 2 aromatic carbocycles. The van der Waals surface area contributed by atoms with Gasteiger partial charge < -0.3 is 19.7 Å². The molecular formula is C20H26Cl2N2O3. The molecule has 0 radical (unpaired) electrons. The molecule has 2 rings (SSSR count).